The van der Waals surface area contributed by atoms with E-state index in [2.05, 4.69) is 48.5 Å². The van der Waals surface area contributed by atoms with Crippen molar-refractivity contribution in [3.05, 3.63) is 11.1 Å². The van der Waals surface area contributed by atoms with Gasteiger partial charge in [0.05, 0.1) is 18.6 Å². The summed E-state index contributed by atoms with van der Waals surface area (Å²) in [6, 6.07) is 0. The van der Waals surface area contributed by atoms with E-state index < -0.39 is 17.8 Å². The molecule has 5 fully saturated rings. The number of methoxy groups -OCH3 is 1. The predicted molar refractivity (Wildman–Crippen MR) is 191 cm³/mol. The molecule has 6 rings (SSSR count). The van der Waals surface area contributed by atoms with Gasteiger partial charge in [-0.25, -0.2) is 0 Å². The van der Waals surface area contributed by atoms with Gasteiger partial charge in [-0.2, -0.15) is 0 Å². The molecule has 286 valence electrons. The van der Waals surface area contributed by atoms with Crippen molar-refractivity contribution in [3.8, 4) is 0 Å². The number of hydrogen-bond donors (Lipinski definition) is 0. The summed E-state index contributed by atoms with van der Waals surface area (Å²) < 4.78 is 29.9. The molecule has 9 heteroatoms. The second-order valence-corrected chi connectivity index (χ2v) is 18.9. The van der Waals surface area contributed by atoms with E-state index in [-0.39, 0.29) is 88.3 Å². The van der Waals surface area contributed by atoms with Crippen molar-refractivity contribution in [3.63, 3.8) is 0 Å². The Kier molecular flexibility index (Phi) is 9.99. The third-order valence-electron chi connectivity index (χ3n) is 16.0. The average molecular weight is 713 g/mol. The normalized spacial score (nSPS) is 44.5. The van der Waals surface area contributed by atoms with Crippen molar-refractivity contribution in [2.75, 3.05) is 13.7 Å². The molecule has 0 bridgehead atoms. The van der Waals surface area contributed by atoms with Gasteiger partial charge in [-0.3, -0.25) is 19.2 Å². The third kappa shape index (κ3) is 5.84. The van der Waals surface area contributed by atoms with Crippen LogP contribution in [0.1, 0.15) is 133 Å². The fraction of sp³-hybridized carbons (Fsp3) is 0.857. The number of rotatable bonds is 7. The molecule has 0 aromatic rings. The summed E-state index contributed by atoms with van der Waals surface area (Å²) >= 11 is 0. The van der Waals surface area contributed by atoms with Crippen molar-refractivity contribution in [1.29, 1.82) is 0 Å². The second-order valence-electron chi connectivity index (χ2n) is 18.9. The standard InChI is InChI=1S/C42H64O9/c1-23(2)35-28(45)21-42(37(46)47-11)19-18-40(9)27(36(35)42)12-13-32-39(8)16-15-33(38(6,7)31(39)14-17-41(32,40)10)51-34-20-29(49-26(5)44)24(3)30(50-34)22-48-25(4)43/h23-24,27,29-34H,12-22H2,1-11H3/t24?,27?,29?,30?,31?,32?,33-,34?,39-,40+,41+,42+/m0/s1. The third-order valence-corrected chi connectivity index (χ3v) is 16.0. The van der Waals surface area contributed by atoms with Crippen LogP contribution >= 0.6 is 0 Å². The molecule has 5 aliphatic carbocycles. The van der Waals surface area contributed by atoms with Gasteiger partial charge in [-0.15, -0.1) is 0 Å². The van der Waals surface area contributed by atoms with Gasteiger partial charge in [-0.1, -0.05) is 55.4 Å². The van der Waals surface area contributed by atoms with E-state index in [1.807, 2.05) is 6.92 Å². The highest BCUT2D eigenvalue weighted by atomic mass is 16.7. The molecule has 51 heavy (non-hydrogen) atoms. The van der Waals surface area contributed by atoms with Gasteiger partial charge in [0, 0.05) is 32.6 Å². The molecule has 0 aromatic heterocycles. The predicted octanol–water partition coefficient (Wildman–Crippen LogP) is 7.77. The first kappa shape index (κ1) is 38.5. The number of hydrogen-bond acceptors (Lipinski definition) is 9. The lowest BCUT2D eigenvalue weighted by molar-refractivity contribution is -0.294. The van der Waals surface area contributed by atoms with Crippen molar-refractivity contribution >= 4 is 23.7 Å². The monoisotopic (exact) mass is 712 g/mol. The Morgan fingerprint density at radius 2 is 1.59 bits per heavy atom. The van der Waals surface area contributed by atoms with Crippen molar-refractivity contribution in [1.82, 2.24) is 0 Å². The van der Waals surface area contributed by atoms with Crippen LogP contribution in [0.3, 0.4) is 0 Å². The summed E-state index contributed by atoms with van der Waals surface area (Å²) in [7, 11) is 1.48. The maximum Gasteiger partial charge on any atom is 0.316 e. The highest BCUT2D eigenvalue weighted by molar-refractivity contribution is 6.05. The highest BCUT2D eigenvalue weighted by Gasteiger charge is 2.71. The van der Waals surface area contributed by atoms with Gasteiger partial charge < -0.3 is 23.7 Å². The van der Waals surface area contributed by atoms with Gasteiger partial charge in [0.1, 0.15) is 18.8 Å². The average Bonchev–Trinajstić information content (AvgIpc) is 3.36. The zero-order chi connectivity index (χ0) is 37.5. The van der Waals surface area contributed by atoms with Crippen molar-refractivity contribution in [2.24, 2.45) is 56.7 Å². The Labute approximate surface area is 305 Å². The van der Waals surface area contributed by atoms with Crippen LogP contribution in [0.25, 0.3) is 0 Å². The summed E-state index contributed by atoms with van der Waals surface area (Å²) in [5, 5.41) is 0. The minimum atomic E-state index is -0.804. The Morgan fingerprint density at radius 1 is 0.882 bits per heavy atom. The minimum Gasteiger partial charge on any atom is -0.468 e. The molecule has 0 amide bonds. The van der Waals surface area contributed by atoms with Gasteiger partial charge in [0.15, 0.2) is 12.1 Å². The molecule has 9 nitrogen and oxygen atoms in total. The highest BCUT2D eigenvalue weighted by Crippen LogP contribution is 2.77. The number of ketones is 1. The Hall–Kier alpha value is -2.26. The zero-order valence-corrected chi connectivity index (χ0v) is 33.1. The first-order valence-electron chi connectivity index (χ1n) is 19.7. The topological polar surface area (TPSA) is 114 Å². The smallest absolute Gasteiger partial charge is 0.316 e. The zero-order valence-electron chi connectivity index (χ0n) is 33.1. The first-order chi connectivity index (χ1) is 23.8. The molecule has 1 saturated heterocycles. The van der Waals surface area contributed by atoms with Crippen LogP contribution in [0, 0.1) is 56.7 Å². The van der Waals surface area contributed by atoms with Crippen molar-refractivity contribution in [2.45, 2.75) is 158 Å². The lowest BCUT2D eigenvalue weighted by Crippen LogP contribution is -2.66. The first-order valence-corrected chi connectivity index (χ1v) is 19.7. The van der Waals surface area contributed by atoms with Crippen LogP contribution in [0.4, 0.5) is 0 Å². The van der Waals surface area contributed by atoms with Gasteiger partial charge in [0.2, 0.25) is 0 Å². The molecule has 0 radical (unpaired) electrons. The molecule has 4 saturated carbocycles. The number of esters is 3. The molecular weight excluding hydrogens is 648 g/mol. The van der Waals surface area contributed by atoms with Crippen LogP contribution in [-0.2, 0) is 42.9 Å². The quantitative estimate of drug-likeness (QED) is 0.148. The van der Waals surface area contributed by atoms with Crippen LogP contribution < -0.4 is 0 Å². The molecule has 1 heterocycles. The molecular formula is C42H64O9. The van der Waals surface area contributed by atoms with E-state index in [4.69, 9.17) is 23.7 Å². The molecule has 0 aromatic carbocycles. The number of carbonyl (C=O) groups excluding carboxylic acids is 4. The molecule has 0 N–H and O–H groups in total. The number of ether oxygens (including phenoxy) is 5. The number of fused-ring (bicyclic) bond motifs is 7. The van der Waals surface area contributed by atoms with Crippen LogP contribution in [0.15, 0.2) is 11.1 Å². The Morgan fingerprint density at radius 3 is 2.22 bits per heavy atom. The summed E-state index contributed by atoms with van der Waals surface area (Å²) in [5.41, 5.74) is 1.21. The van der Waals surface area contributed by atoms with E-state index >= 15 is 0 Å². The second kappa shape index (κ2) is 13.2. The minimum absolute atomic E-state index is 0.0334. The summed E-state index contributed by atoms with van der Waals surface area (Å²) in [6.45, 7) is 21.4. The van der Waals surface area contributed by atoms with E-state index in [0.29, 0.717) is 24.7 Å². The van der Waals surface area contributed by atoms with E-state index in [9.17, 15) is 19.2 Å². The van der Waals surface area contributed by atoms with Gasteiger partial charge >= 0.3 is 17.9 Å². The van der Waals surface area contributed by atoms with Gasteiger partial charge in [-0.05, 0) is 108 Å². The lowest BCUT2D eigenvalue weighted by Gasteiger charge is -2.72. The molecule has 1 aliphatic heterocycles. The fourth-order valence-corrected chi connectivity index (χ4v) is 13.3. The number of Topliss-reactive ketones (excluding diaryl/α,β-unsaturated/α-hetero) is 1. The Bertz CT molecular complexity index is 1460. The van der Waals surface area contributed by atoms with E-state index in [1.165, 1.54) is 21.0 Å². The number of allylic oxidation sites excluding steroid dienone is 1. The summed E-state index contributed by atoms with van der Waals surface area (Å²) in [6.07, 6.45) is 7.07. The molecule has 0 spiro atoms. The van der Waals surface area contributed by atoms with E-state index in [0.717, 1.165) is 56.1 Å². The maximum absolute atomic E-state index is 13.7. The van der Waals surface area contributed by atoms with Crippen LogP contribution in [-0.4, -0.2) is 62.0 Å². The lowest BCUT2D eigenvalue weighted by atomic mass is 9.33. The summed E-state index contributed by atoms with van der Waals surface area (Å²) in [4.78, 5) is 50.9. The van der Waals surface area contributed by atoms with E-state index in [1.54, 1.807) is 0 Å². The fourth-order valence-electron chi connectivity index (χ4n) is 13.3. The molecule has 6 aliphatic rings. The van der Waals surface area contributed by atoms with Crippen molar-refractivity contribution < 1.29 is 42.9 Å². The maximum atomic E-state index is 13.7. The largest absolute Gasteiger partial charge is 0.468 e. The van der Waals surface area contributed by atoms with Crippen LogP contribution in [0.2, 0.25) is 0 Å². The molecule has 12 atom stereocenters. The SMILES string of the molecule is COC(=O)[C@@]12CC[C@]3(C)C(CCC4[C@@]5(C)CC[C@H](OC6CC(OC(C)=O)C(C)C(COC(C)=O)O6)C(C)(C)C5CC[C@]43C)C1=C(C(C)C)C(=O)C2. The molecule has 7 unspecified atom stereocenters. The Balaban J connectivity index is 1.26. The van der Waals surface area contributed by atoms with Crippen LogP contribution in [0.5, 0.6) is 0 Å². The summed E-state index contributed by atoms with van der Waals surface area (Å²) in [5.74, 6) is 0.273. The number of carbonyl (C=O) groups is 4. The van der Waals surface area contributed by atoms with Gasteiger partial charge in [0.25, 0.3) is 0 Å².